The smallest absolute Gasteiger partial charge is 0.253 e. The molecule has 0 saturated carbocycles. The first-order chi connectivity index (χ1) is 12.1. The Kier molecular flexibility index (Phi) is 5.35. The van der Waals surface area contributed by atoms with Gasteiger partial charge in [0.05, 0.1) is 5.56 Å². The first-order valence-electron chi connectivity index (χ1n) is 8.13. The van der Waals surface area contributed by atoms with Gasteiger partial charge in [-0.25, -0.2) is 4.98 Å². The van der Waals surface area contributed by atoms with Crippen molar-refractivity contribution in [1.29, 1.82) is 0 Å². The van der Waals surface area contributed by atoms with Crippen molar-refractivity contribution in [3.8, 4) is 11.5 Å². The Balaban J connectivity index is 1.51. The minimum absolute atomic E-state index is 0.162. The monoisotopic (exact) mass is 342 g/mol. The van der Waals surface area contributed by atoms with Crippen LogP contribution >= 0.6 is 0 Å². The van der Waals surface area contributed by atoms with Crippen LogP contribution < -0.4 is 20.1 Å². The molecule has 25 heavy (non-hydrogen) atoms. The van der Waals surface area contributed by atoms with E-state index >= 15 is 0 Å². The van der Waals surface area contributed by atoms with Crippen molar-refractivity contribution >= 4 is 11.7 Å². The number of aromatic nitrogens is 1. The molecule has 7 nitrogen and oxygen atoms in total. The Labute approximate surface area is 147 Å². The minimum atomic E-state index is -0.162. The van der Waals surface area contributed by atoms with E-state index in [1.807, 2.05) is 38.4 Å². The third kappa shape index (κ3) is 4.60. The van der Waals surface area contributed by atoms with E-state index in [4.69, 9.17) is 9.47 Å². The van der Waals surface area contributed by atoms with Gasteiger partial charge in [0.2, 0.25) is 6.79 Å². The molecule has 0 saturated heterocycles. The highest BCUT2D eigenvalue weighted by atomic mass is 16.7. The predicted molar refractivity (Wildman–Crippen MR) is 95.0 cm³/mol. The molecule has 1 aromatic carbocycles. The van der Waals surface area contributed by atoms with E-state index in [-0.39, 0.29) is 12.7 Å². The third-order valence-corrected chi connectivity index (χ3v) is 3.78. The van der Waals surface area contributed by atoms with Gasteiger partial charge in [-0.1, -0.05) is 6.07 Å². The fraction of sp³-hybridized carbons (Fsp3) is 0.333. The number of pyridine rings is 1. The number of rotatable bonds is 7. The van der Waals surface area contributed by atoms with Crippen molar-refractivity contribution in [3.63, 3.8) is 0 Å². The molecule has 0 bridgehead atoms. The fourth-order valence-corrected chi connectivity index (χ4v) is 2.38. The highest BCUT2D eigenvalue weighted by Gasteiger charge is 2.13. The maximum absolute atomic E-state index is 12.2. The molecule has 0 unspecified atom stereocenters. The summed E-state index contributed by atoms with van der Waals surface area (Å²) in [6, 6.07) is 9.20. The maximum Gasteiger partial charge on any atom is 0.253 e. The largest absolute Gasteiger partial charge is 0.454 e. The Morgan fingerprint density at radius 1 is 1.20 bits per heavy atom. The molecule has 0 atom stereocenters. The van der Waals surface area contributed by atoms with Gasteiger partial charge in [-0.05, 0) is 43.9 Å². The molecule has 2 aromatic rings. The number of hydrogen-bond donors (Lipinski definition) is 2. The predicted octanol–water partition coefficient (Wildman–Crippen LogP) is 1.71. The van der Waals surface area contributed by atoms with Crippen LogP contribution in [0.15, 0.2) is 36.5 Å². The van der Waals surface area contributed by atoms with Gasteiger partial charge < -0.3 is 25.0 Å². The number of anilines is 1. The molecular formula is C18H22N4O3. The van der Waals surface area contributed by atoms with Crippen molar-refractivity contribution in [3.05, 3.63) is 47.7 Å². The van der Waals surface area contributed by atoms with Crippen LogP contribution in [0.4, 0.5) is 5.82 Å². The number of hydrogen-bond acceptors (Lipinski definition) is 6. The van der Waals surface area contributed by atoms with E-state index in [0.29, 0.717) is 17.9 Å². The van der Waals surface area contributed by atoms with E-state index in [0.717, 1.165) is 30.2 Å². The van der Waals surface area contributed by atoms with Gasteiger partial charge in [-0.3, -0.25) is 4.79 Å². The molecule has 7 heteroatoms. The Bertz CT molecular complexity index is 732. The van der Waals surface area contributed by atoms with Crippen molar-refractivity contribution < 1.29 is 14.3 Å². The molecule has 1 aliphatic rings. The first kappa shape index (κ1) is 17.0. The van der Waals surface area contributed by atoms with E-state index in [1.165, 1.54) is 0 Å². The molecule has 0 aliphatic carbocycles. The highest BCUT2D eigenvalue weighted by Crippen LogP contribution is 2.32. The van der Waals surface area contributed by atoms with Crippen LogP contribution in [0.3, 0.4) is 0 Å². The molecule has 3 rings (SSSR count). The van der Waals surface area contributed by atoms with Gasteiger partial charge >= 0.3 is 0 Å². The van der Waals surface area contributed by atoms with Crippen molar-refractivity contribution in [1.82, 2.24) is 15.2 Å². The number of carbonyl (C=O) groups is 1. The highest BCUT2D eigenvalue weighted by molar-refractivity contribution is 5.94. The molecule has 1 aromatic heterocycles. The van der Waals surface area contributed by atoms with Gasteiger partial charge in [0.25, 0.3) is 5.91 Å². The zero-order valence-electron chi connectivity index (χ0n) is 14.4. The second kappa shape index (κ2) is 7.85. The molecule has 1 aliphatic heterocycles. The summed E-state index contributed by atoms with van der Waals surface area (Å²) in [6.07, 6.45) is 1.58. The average Bonchev–Trinajstić information content (AvgIpc) is 3.07. The van der Waals surface area contributed by atoms with Crippen LogP contribution in [-0.4, -0.2) is 49.8 Å². The molecule has 0 fully saturated rings. The molecular weight excluding hydrogens is 320 g/mol. The summed E-state index contributed by atoms with van der Waals surface area (Å²) in [5.74, 6) is 2.04. The second-order valence-corrected chi connectivity index (χ2v) is 6.03. The number of fused-ring (bicyclic) bond motifs is 1. The van der Waals surface area contributed by atoms with Crippen LogP contribution in [0.5, 0.6) is 11.5 Å². The van der Waals surface area contributed by atoms with Gasteiger partial charge in [-0.2, -0.15) is 0 Å². The van der Waals surface area contributed by atoms with E-state index in [2.05, 4.69) is 20.5 Å². The minimum Gasteiger partial charge on any atom is -0.454 e. The number of carbonyl (C=O) groups excluding carboxylic acids is 1. The van der Waals surface area contributed by atoms with Crippen LogP contribution in [0.2, 0.25) is 0 Å². The third-order valence-electron chi connectivity index (χ3n) is 3.78. The quantitative estimate of drug-likeness (QED) is 0.798. The van der Waals surface area contributed by atoms with Gasteiger partial charge in [0.1, 0.15) is 5.82 Å². The van der Waals surface area contributed by atoms with Gasteiger partial charge in [-0.15, -0.1) is 0 Å². The van der Waals surface area contributed by atoms with Crippen LogP contribution in [0.1, 0.15) is 15.9 Å². The SMILES string of the molecule is CN(C)CCNc1ccc(C(=O)NCc2ccc3c(c2)OCO3)cn1. The van der Waals surface area contributed by atoms with Crippen LogP contribution in [0, 0.1) is 0 Å². The molecule has 0 radical (unpaired) electrons. The fourth-order valence-electron chi connectivity index (χ4n) is 2.38. The Hall–Kier alpha value is -2.80. The lowest BCUT2D eigenvalue weighted by Crippen LogP contribution is -2.23. The number of amides is 1. The van der Waals surface area contributed by atoms with E-state index in [9.17, 15) is 4.79 Å². The molecule has 1 amide bonds. The lowest BCUT2D eigenvalue weighted by atomic mass is 10.2. The molecule has 0 spiro atoms. The normalized spacial score (nSPS) is 12.3. The molecule has 132 valence electrons. The summed E-state index contributed by atoms with van der Waals surface area (Å²) in [5.41, 5.74) is 1.48. The lowest BCUT2D eigenvalue weighted by Gasteiger charge is -2.11. The number of nitrogens with zero attached hydrogens (tertiary/aromatic N) is 2. The summed E-state index contributed by atoms with van der Waals surface area (Å²) in [7, 11) is 4.03. The topological polar surface area (TPSA) is 75.7 Å². The lowest BCUT2D eigenvalue weighted by molar-refractivity contribution is 0.0950. The van der Waals surface area contributed by atoms with Gasteiger partial charge in [0.15, 0.2) is 11.5 Å². The number of likely N-dealkylation sites (N-methyl/N-ethyl adjacent to an activating group) is 1. The Morgan fingerprint density at radius 3 is 2.80 bits per heavy atom. The molecule has 2 N–H and O–H groups in total. The summed E-state index contributed by atoms with van der Waals surface area (Å²) >= 11 is 0. The van der Waals surface area contributed by atoms with Crippen molar-refractivity contribution in [2.24, 2.45) is 0 Å². The average molecular weight is 342 g/mol. The van der Waals surface area contributed by atoms with Crippen LogP contribution in [-0.2, 0) is 6.54 Å². The first-order valence-corrected chi connectivity index (χ1v) is 8.13. The standard InChI is InChI=1S/C18H22N4O3/c1-22(2)8-7-19-17-6-4-14(11-20-17)18(23)21-10-13-3-5-15-16(9-13)25-12-24-15/h3-6,9,11H,7-8,10,12H2,1-2H3,(H,19,20)(H,21,23). The zero-order chi connectivity index (χ0) is 17.6. The van der Waals surface area contributed by atoms with Crippen molar-refractivity contribution in [2.75, 3.05) is 39.3 Å². The van der Waals surface area contributed by atoms with E-state index < -0.39 is 0 Å². The zero-order valence-corrected chi connectivity index (χ0v) is 14.4. The summed E-state index contributed by atoms with van der Waals surface area (Å²) in [5, 5.41) is 6.10. The van der Waals surface area contributed by atoms with Gasteiger partial charge in [0, 0.05) is 25.8 Å². The summed E-state index contributed by atoms with van der Waals surface area (Å²) in [6.45, 7) is 2.37. The number of ether oxygens (including phenoxy) is 2. The van der Waals surface area contributed by atoms with Crippen molar-refractivity contribution in [2.45, 2.75) is 6.54 Å². The van der Waals surface area contributed by atoms with E-state index in [1.54, 1.807) is 12.3 Å². The number of nitrogens with one attached hydrogen (secondary N) is 2. The summed E-state index contributed by atoms with van der Waals surface area (Å²) in [4.78, 5) is 18.6. The summed E-state index contributed by atoms with van der Waals surface area (Å²) < 4.78 is 10.6. The second-order valence-electron chi connectivity index (χ2n) is 6.03. The maximum atomic E-state index is 12.2. The van der Waals surface area contributed by atoms with Crippen LogP contribution in [0.25, 0.3) is 0 Å². The number of benzene rings is 1. The molecule has 2 heterocycles. The Morgan fingerprint density at radius 2 is 2.04 bits per heavy atom.